The minimum Gasteiger partial charge on any atom is -0.314 e. The molecule has 0 aliphatic heterocycles. The van der Waals surface area contributed by atoms with E-state index in [1.807, 2.05) is 0 Å². The van der Waals surface area contributed by atoms with Gasteiger partial charge in [0.15, 0.2) is 0 Å². The van der Waals surface area contributed by atoms with E-state index in [2.05, 4.69) is 17.0 Å². The molecule has 0 aromatic carbocycles. The fourth-order valence-corrected chi connectivity index (χ4v) is 4.66. The van der Waals surface area contributed by atoms with Crippen molar-refractivity contribution in [3.63, 3.8) is 0 Å². The Morgan fingerprint density at radius 2 is 1.80 bits per heavy atom. The van der Waals surface area contributed by atoms with Crippen molar-refractivity contribution in [3.8, 4) is 0 Å². The van der Waals surface area contributed by atoms with Crippen LogP contribution < -0.4 is 10.0 Å². The summed E-state index contributed by atoms with van der Waals surface area (Å²) in [6.45, 7) is 2.92. The molecule has 20 heavy (non-hydrogen) atoms. The molecule has 1 atom stereocenters. The molecular formula is C15H30N2O2S. The Balaban J connectivity index is 1.72. The molecular weight excluding hydrogens is 272 g/mol. The average Bonchev–Trinajstić information content (AvgIpc) is 3.26. The van der Waals surface area contributed by atoms with Crippen LogP contribution in [0.25, 0.3) is 0 Å². The van der Waals surface area contributed by atoms with E-state index >= 15 is 0 Å². The van der Waals surface area contributed by atoms with Gasteiger partial charge in [0.05, 0.1) is 5.75 Å². The highest BCUT2D eigenvalue weighted by molar-refractivity contribution is 7.89. The zero-order chi connectivity index (χ0) is 14.4. The van der Waals surface area contributed by atoms with Crippen LogP contribution in [0.2, 0.25) is 0 Å². The fraction of sp³-hybridized carbons (Fsp3) is 1.00. The lowest BCUT2D eigenvalue weighted by Crippen LogP contribution is -2.42. The van der Waals surface area contributed by atoms with Gasteiger partial charge in [0, 0.05) is 12.1 Å². The maximum absolute atomic E-state index is 12.2. The maximum Gasteiger partial charge on any atom is 0.211 e. The predicted octanol–water partition coefficient (Wildman–Crippen LogP) is 2.41. The molecule has 2 aliphatic rings. The standard InChI is InChI=1S/C15H30N2O2S/c1-2-15(13-7-4-3-5-8-13)17-20(18,19)12-6-11-16-14-9-10-14/h13-17H,2-12H2,1H3. The lowest BCUT2D eigenvalue weighted by atomic mass is 9.83. The Bertz CT molecular complexity index is 373. The van der Waals surface area contributed by atoms with Crippen molar-refractivity contribution in [2.75, 3.05) is 12.3 Å². The monoisotopic (exact) mass is 302 g/mol. The molecule has 0 heterocycles. The summed E-state index contributed by atoms with van der Waals surface area (Å²) >= 11 is 0. The number of hydrogen-bond donors (Lipinski definition) is 2. The summed E-state index contributed by atoms with van der Waals surface area (Å²) in [6.07, 6.45) is 10.3. The Morgan fingerprint density at radius 1 is 1.10 bits per heavy atom. The van der Waals surface area contributed by atoms with Gasteiger partial charge in [-0.3, -0.25) is 0 Å². The molecule has 0 aromatic rings. The minimum atomic E-state index is -3.11. The lowest BCUT2D eigenvalue weighted by Gasteiger charge is -2.30. The molecule has 2 N–H and O–H groups in total. The average molecular weight is 302 g/mol. The first-order valence-corrected chi connectivity index (χ1v) is 9.99. The number of sulfonamides is 1. The van der Waals surface area contributed by atoms with Crippen LogP contribution in [0.3, 0.4) is 0 Å². The van der Waals surface area contributed by atoms with Crippen molar-refractivity contribution < 1.29 is 8.42 Å². The van der Waals surface area contributed by atoms with Crippen molar-refractivity contribution >= 4 is 10.0 Å². The van der Waals surface area contributed by atoms with E-state index in [0.29, 0.717) is 18.4 Å². The molecule has 118 valence electrons. The Kier molecular flexibility index (Phi) is 6.30. The van der Waals surface area contributed by atoms with E-state index < -0.39 is 10.0 Å². The van der Waals surface area contributed by atoms with Crippen LogP contribution in [-0.4, -0.2) is 32.8 Å². The number of rotatable bonds is 9. The Labute approximate surface area is 124 Å². The van der Waals surface area contributed by atoms with E-state index in [0.717, 1.165) is 13.0 Å². The molecule has 2 aliphatic carbocycles. The van der Waals surface area contributed by atoms with Crippen LogP contribution >= 0.6 is 0 Å². The summed E-state index contributed by atoms with van der Waals surface area (Å²) in [5.74, 6) is 0.809. The minimum absolute atomic E-state index is 0.150. The van der Waals surface area contributed by atoms with Gasteiger partial charge in [-0.25, -0.2) is 13.1 Å². The summed E-state index contributed by atoms with van der Waals surface area (Å²) in [6, 6.07) is 0.813. The van der Waals surface area contributed by atoms with Gasteiger partial charge in [-0.05, 0) is 51.0 Å². The zero-order valence-electron chi connectivity index (χ0n) is 12.7. The fourth-order valence-electron chi connectivity index (χ4n) is 3.19. The molecule has 0 aromatic heterocycles. The second kappa shape index (κ2) is 7.76. The van der Waals surface area contributed by atoms with Crippen molar-refractivity contribution in [2.45, 2.75) is 76.8 Å². The summed E-state index contributed by atoms with van der Waals surface area (Å²) in [7, 11) is -3.11. The Hall–Kier alpha value is -0.130. The summed E-state index contributed by atoms with van der Waals surface area (Å²) in [5, 5.41) is 3.37. The first-order chi connectivity index (χ1) is 9.61. The largest absolute Gasteiger partial charge is 0.314 e. The van der Waals surface area contributed by atoms with Gasteiger partial charge in [-0.1, -0.05) is 26.2 Å². The topological polar surface area (TPSA) is 58.2 Å². The zero-order valence-corrected chi connectivity index (χ0v) is 13.6. The smallest absolute Gasteiger partial charge is 0.211 e. The van der Waals surface area contributed by atoms with Gasteiger partial charge in [-0.15, -0.1) is 0 Å². The van der Waals surface area contributed by atoms with Gasteiger partial charge >= 0.3 is 0 Å². The predicted molar refractivity (Wildman–Crippen MR) is 83.2 cm³/mol. The maximum atomic E-state index is 12.2. The van der Waals surface area contributed by atoms with Gasteiger partial charge in [0.1, 0.15) is 0 Å². The van der Waals surface area contributed by atoms with Gasteiger partial charge in [0.2, 0.25) is 10.0 Å². The SMILES string of the molecule is CCC(NS(=O)(=O)CCCNC1CC1)C1CCCCC1. The van der Waals surface area contributed by atoms with E-state index in [4.69, 9.17) is 0 Å². The lowest BCUT2D eigenvalue weighted by molar-refractivity contribution is 0.285. The summed E-state index contributed by atoms with van der Waals surface area (Å²) in [5.41, 5.74) is 0. The second-order valence-electron chi connectivity index (χ2n) is 6.43. The van der Waals surface area contributed by atoms with Gasteiger partial charge in [-0.2, -0.15) is 0 Å². The van der Waals surface area contributed by atoms with Crippen molar-refractivity contribution in [3.05, 3.63) is 0 Å². The molecule has 5 heteroatoms. The highest BCUT2D eigenvalue weighted by Crippen LogP contribution is 2.28. The molecule has 0 spiro atoms. The van der Waals surface area contributed by atoms with Crippen LogP contribution in [0, 0.1) is 5.92 Å². The summed E-state index contributed by atoms with van der Waals surface area (Å²) in [4.78, 5) is 0. The van der Waals surface area contributed by atoms with Crippen LogP contribution in [0.1, 0.15) is 64.7 Å². The van der Waals surface area contributed by atoms with E-state index in [9.17, 15) is 8.42 Å². The molecule has 0 radical (unpaired) electrons. The highest BCUT2D eigenvalue weighted by Gasteiger charge is 2.26. The quantitative estimate of drug-likeness (QED) is 0.643. The van der Waals surface area contributed by atoms with Crippen molar-refractivity contribution in [1.82, 2.24) is 10.0 Å². The molecule has 4 nitrogen and oxygen atoms in total. The third-order valence-corrected chi connectivity index (χ3v) is 6.08. The molecule has 0 amide bonds. The molecule has 1 unspecified atom stereocenters. The van der Waals surface area contributed by atoms with Crippen LogP contribution in [0.5, 0.6) is 0 Å². The first-order valence-electron chi connectivity index (χ1n) is 8.34. The first kappa shape index (κ1) is 16.2. The van der Waals surface area contributed by atoms with Crippen molar-refractivity contribution in [1.29, 1.82) is 0 Å². The van der Waals surface area contributed by atoms with Crippen LogP contribution in [-0.2, 0) is 10.0 Å². The van der Waals surface area contributed by atoms with E-state index in [1.54, 1.807) is 0 Å². The molecule has 2 rings (SSSR count). The number of hydrogen-bond acceptors (Lipinski definition) is 3. The van der Waals surface area contributed by atoms with E-state index in [1.165, 1.54) is 44.9 Å². The third kappa shape index (κ3) is 5.70. The highest BCUT2D eigenvalue weighted by atomic mass is 32.2. The van der Waals surface area contributed by atoms with Crippen LogP contribution in [0.4, 0.5) is 0 Å². The number of nitrogens with one attached hydrogen (secondary N) is 2. The van der Waals surface area contributed by atoms with Gasteiger partial charge < -0.3 is 5.32 Å². The molecule has 2 fully saturated rings. The van der Waals surface area contributed by atoms with E-state index in [-0.39, 0.29) is 11.8 Å². The third-order valence-electron chi connectivity index (χ3n) is 4.59. The van der Waals surface area contributed by atoms with Crippen molar-refractivity contribution in [2.24, 2.45) is 5.92 Å². The normalized spacial score (nSPS) is 22.9. The molecule has 2 saturated carbocycles. The second-order valence-corrected chi connectivity index (χ2v) is 8.30. The van der Waals surface area contributed by atoms with Gasteiger partial charge in [0.25, 0.3) is 0 Å². The molecule has 0 bridgehead atoms. The van der Waals surface area contributed by atoms with Crippen LogP contribution in [0.15, 0.2) is 0 Å². The Morgan fingerprint density at radius 3 is 2.40 bits per heavy atom. The summed E-state index contributed by atoms with van der Waals surface area (Å²) < 4.78 is 27.3. The molecule has 0 saturated heterocycles.